The summed E-state index contributed by atoms with van der Waals surface area (Å²) in [6.07, 6.45) is 1.86. The van der Waals surface area contributed by atoms with E-state index in [1.54, 1.807) is 4.68 Å². The number of benzene rings is 1. The van der Waals surface area contributed by atoms with Gasteiger partial charge in [0, 0.05) is 25.9 Å². The Morgan fingerprint density at radius 3 is 2.71 bits per heavy atom. The van der Waals surface area contributed by atoms with Crippen molar-refractivity contribution >= 4 is 23.1 Å². The monoisotopic (exact) mass is 246 g/mol. The van der Waals surface area contributed by atoms with Gasteiger partial charge in [-0.05, 0) is 17.8 Å². The van der Waals surface area contributed by atoms with Crippen molar-refractivity contribution in [3.05, 3.63) is 48.2 Å². The summed E-state index contributed by atoms with van der Waals surface area (Å²) in [5.74, 6) is 0.748. The molecule has 0 radical (unpaired) electrons. The molecule has 0 saturated carbocycles. The molecule has 2 rings (SSSR count). The lowest BCUT2D eigenvalue weighted by molar-refractivity contribution is 0.771. The number of aryl methyl sites for hydroxylation is 1. The van der Waals surface area contributed by atoms with Crippen LogP contribution in [0.4, 0.5) is 5.82 Å². The lowest BCUT2D eigenvalue weighted by atomic mass is 10.2. The van der Waals surface area contributed by atoms with Crippen molar-refractivity contribution in [1.82, 2.24) is 15.1 Å². The third-order valence-electron chi connectivity index (χ3n) is 2.25. The van der Waals surface area contributed by atoms with Gasteiger partial charge in [-0.3, -0.25) is 4.68 Å². The molecule has 0 atom stereocenters. The van der Waals surface area contributed by atoms with Crippen LogP contribution in [0, 0.1) is 0 Å². The first-order valence-corrected chi connectivity index (χ1v) is 5.73. The van der Waals surface area contributed by atoms with Crippen LogP contribution in [0.5, 0.6) is 0 Å². The van der Waals surface area contributed by atoms with Crippen LogP contribution >= 0.6 is 12.2 Å². The van der Waals surface area contributed by atoms with Gasteiger partial charge in [-0.2, -0.15) is 5.10 Å². The highest BCUT2D eigenvalue weighted by molar-refractivity contribution is 7.80. The molecule has 1 heterocycles. The van der Waals surface area contributed by atoms with Crippen LogP contribution in [0.3, 0.4) is 0 Å². The van der Waals surface area contributed by atoms with Crippen LogP contribution in [0.15, 0.2) is 42.6 Å². The molecule has 0 unspecified atom stereocenters. The molecule has 0 aliphatic rings. The van der Waals surface area contributed by atoms with E-state index in [1.807, 2.05) is 37.5 Å². The molecule has 2 N–H and O–H groups in total. The molecule has 0 fully saturated rings. The lowest BCUT2D eigenvalue weighted by Crippen LogP contribution is -2.28. The molecule has 0 saturated heterocycles. The third-order valence-corrected chi connectivity index (χ3v) is 2.50. The molecule has 2 aromatic rings. The van der Waals surface area contributed by atoms with Crippen LogP contribution in [0.2, 0.25) is 0 Å². The van der Waals surface area contributed by atoms with E-state index < -0.39 is 0 Å². The fourth-order valence-corrected chi connectivity index (χ4v) is 1.60. The Kier molecular flexibility index (Phi) is 3.72. The summed E-state index contributed by atoms with van der Waals surface area (Å²) in [5, 5.41) is 10.9. The van der Waals surface area contributed by atoms with E-state index in [9.17, 15) is 0 Å². The van der Waals surface area contributed by atoms with Gasteiger partial charge >= 0.3 is 0 Å². The zero-order valence-electron chi connectivity index (χ0n) is 9.55. The Labute approximate surface area is 106 Å². The predicted molar refractivity (Wildman–Crippen MR) is 72.7 cm³/mol. The van der Waals surface area contributed by atoms with E-state index >= 15 is 0 Å². The summed E-state index contributed by atoms with van der Waals surface area (Å²) in [7, 11) is 1.87. The Balaban J connectivity index is 1.82. The topological polar surface area (TPSA) is 41.9 Å². The van der Waals surface area contributed by atoms with Gasteiger partial charge in [-0.1, -0.05) is 30.3 Å². The van der Waals surface area contributed by atoms with E-state index in [0.29, 0.717) is 11.7 Å². The minimum absolute atomic E-state index is 0.576. The number of rotatable bonds is 3. The third kappa shape index (κ3) is 3.57. The zero-order valence-corrected chi connectivity index (χ0v) is 10.4. The Morgan fingerprint density at radius 2 is 2.06 bits per heavy atom. The van der Waals surface area contributed by atoms with Gasteiger partial charge in [0.25, 0.3) is 0 Å². The van der Waals surface area contributed by atoms with Crippen LogP contribution < -0.4 is 10.6 Å². The molecule has 0 aliphatic heterocycles. The van der Waals surface area contributed by atoms with Crippen molar-refractivity contribution < 1.29 is 0 Å². The van der Waals surface area contributed by atoms with Crippen molar-refractivity contribution in [3.63, 3.8) is 0 Å². The molecule has 88 valence electrons. The minimum Gasteiger partial charge on any atom is -0.358 e. The number of nitrogens with zero attached hydrogens (tertiary/aromatic N) is 2. The van der Waals surface area contributed by atoms with Crippen molar-refractivity contribution in [3.8, 4) is 0 Å². The molecule has 1 aromatic heterocycles. The van der Waals surface area contributed by atoms with E-state index in [2.05, 4.69) is 27.9 Å². The fourth-order valence-electron chi connectivity index (χ4n) is 1.42. The Morgan fingerprint density at radius 1 is 1.29 bits per heavy atom. The van der Waals surface area contributed by atoms with Gasteiger partial charge in [0.2, 0.25) is 0 Å². The highest BCUT2D eigenvalue weighted by Gasteiger charge is 1.99. The van der Waals surface area contributed by atoms with Crippen LogP contribution in [-0.2, 0) is 13.6 Å². The second-order valence-corrected chi connectivity index (χ2v) is 4.08. The summed E-state index contributed by atoms with van der Waals surface area (Å²) in [6.45, 7) is 0.708. The maximum absolute atomic E-state index is 5.17. The largest absolute Gasteiger partial charge is 0.358 e. The Hall–Kier alpha value is -1.88. The summed E-state index contributed by atoms with van der Waals surface area (Å²) in [4.78, 5) is 0. The van der Waals surface area contributed by atoms with Gasteiger partial charge in [-0.25, -0.2) is 0 Å². The highest BCUT2D eigenvalue weighted by Crippen LogP contribution is 2.01. The van der Waals surface area contributed by atoms with E-state index in [4.69, 9.17) is 12.2 Å². The first kappa shape index (κ1) is 11.6. The molecule has 5 heteroatoms. The first-order chi connectivity index (χ1) is 8.24. The Bertz CT molecular complexity index is 492. The average Bonchev–Trinajstić information content (AvgIpc) is 2.73. The van der Waals surface area contributed by atoms with Crippen molar-refractivity contribution in [2.45, 2.75) is 6.54 Å². The van der Waals surface area contributed by atoms with Crippen molar-refractivity contribution in [2.24, 2.45) is 7.05 Å². The quantitative estimate of drug-likeness (QED) is 0.812. The second-order valence-electron chi connectivity index (χ2n) is 3.67. The second kappa shape index (κ2) is 5.45. The predicted octanol–water partition coefficient (Wildman–Crippen LogP) is 1.91. The van der Waals surface area contributed by atoms with Crippen molar-refractivity contribution in [2.75, 3.05) is 5.32 Å². The normalized spacial score (nSPS) is 9.94. The highest BCUT2D eigenvalue weighted by atomic mass is 32.1. The van der Waals surface area contributed by atoms with Gasteiger partial charge < -0.3 is 10.6 Å². The van der Waals surface area contributed by atoms with E-state index in [0.717, 1.165) is 5.82 Å². The summed E-state index contributed by atoms with van der Waals surface area (Å²) >= 11 is 5.17. The lowest BCUT2D eigenvalue weighted by Gasteiger charge is -2.08. The van der Waals surface area contributed by atoms with Gasteiger partial charge in [0.1, 0.15) is 0 Å². The molecule has 17 heavy (non-hydrogen) atoms. The van der Waals surface area contributed by atoms with Crippen molar-refractivity contribution in [1.29, 1.82) is 0 Å². The maximum Gasteiger partial charge on any atom is 0.172 e. The number of thiocarbonyl (C=S) groups is 1. The standard InChI is InChI=1S/C12H14N4S/c1-16-8-7-11(15-16)14-12(17)13-9-10-5-3-2-4-6-10/h2-8H,9H2,1H3,(H2,13,14,15,17). The van der Waals surface area contributed by atoms with E-state index in [1.165, 1.54) is 5.56 Å². The fraction of sp³-hybridized carbons (Fsp3) is 0.167. The molecule has 0 amide bonds. The summed E-state index contributed by atoms with van der Waals surface area (Å²) in [5.41, 5.74) is 1.19. The average molecular weight is 246 g/mol. The number of hydrogen-bond acceptors (Lipinski definition) is 2. The molecule has 1 aromatic carbocycles. The van der Waals surface area contributed by atoms with Gasteiger partial charge in [0.05, 0.1) is 0 Å². The molecular weight excluding hydrogens is 232 g/mol. The summed E-state index contributed by atoms with van der Waals surface area (Å²) in [6, 6.07) is 12.0. The summed E-state index contributed by atoms with van der Waals surface area (Å²) < 4.78 is 1.72. The molecule has 4 nitrogen and oxygen atoms in total. The SMILES string of the molecule is Cn1ccc(NC(=S)NCc2ccccc2)n1. The van der Waals surface area contributed by atoms with Gasteiger partial charge in [-0.15, -0.1) is 0 Å². The van der Waals surface area contributed by atoms with Gasteiger partial charge in [0.15, 0.2) is 10.9 Å². The number of anilines is 1. The number of nitrogens with one attached hydrogen (secondary N) is 2. The van der Waals surface area contributed by atoms with Crippen LogP contribution in [-0.4, -0.2) is 14.9 Å². The smallest absolute Gasteiger partial charge is 0.172 e. The molecule has 0 spiro atoms. The van der Waals surface area contributed by atoms with Crippen LogP contribution in [0.1, 0.15) is 5.56 Å². The number of hydrogen-bond donors (Lipinski definition) is 2. The molecular formula is C12H14N4S. The molecule has 0 aliphatic carbocycles. The molecule has 0 bridgehead atoms. The first-order valence-electron chi connectivity index (χ1n) is 5.32. The maximum atomic E-state index is 5.17. The number of aromatic nitrogens is 2. The van der Waals surface area contributed by atoms with E-state index in [-0.39, 0.29) is 0 Å². The zero-order chi connectivity index (χ0) is 12.1. The minimum atomic E-state index is 0.576. The van der Waals surface area contributed by atoms with Crippen LogP contribution in [0.25, 0.3) is 0 Å².